The highest BCUT2D eigenvalue weighted by Crippen LogP contribution is 2.22. The molecule has 14 heavy (non-hydrogen) atoms. The largest absolute Gasteiger partial charge is 0.351 e. The normalized spacial score (nSPS) is 12.6. The van der Waals surface area contributed by atoms with Crippen molar-refractivity contribution in [2.75, 3.05) is 6.54 Å². The minimum Gasteiger partial charge on any atom is -0.351 e. The van der Waals surface area contributed by atoms with Gasteiger partial charge in [0.15, 0.2) is 5.78 Å². The lowest BCUT2D eigenvalue weighted by Gasteiger charge is -2.13. The molecular formula is C12H18NO+. The lowest BCUT2D eigenvalue weighted by Crippen LogP contribution is -2.55. The molecule has 76 valence electrons. The zero-order valence-corrected chi connectivity index (χ0v) is 9.13. The second-order valence-electron chi connectivity index (χ2n) is 3.73. The molecule has 2 nitrogen and oxygen atoms in total. The number of carbonyl (C=O) groups excluding carboxylic acids is 1. The maximum atomic E-state index is 11.5. The van der Waals surface area contributed by atoms with E-state index in [0.29, 0.717) is 6.54 Å². The Hall–Kier alpha value is -1.15. The smallest absolute Gasteiger partial charge is 0.193 e. The first-order chi connectivity index (χ1) is 6.57. The van der Waals surface area contributed by atoms with Crippen LogP contribution in [0.5, 0.6) is 0 Å². The summed E-state index contributed by atoms with van der Waals surface area (Å²) < 4.78 is 0. The van der Waals surface area contributed by atoms with Gasteiger partial charge in [0.25, 0.3) is 0 Å². The Morgan fingerprint density at radius 3 is 2.64 bits per heavy atom. The van der Waals surface area contributed by atoms with Crippen molar-refractivity contribution in [3.63, 3.8) is 0 Å². The Bertz CT molecular complexity index is 344. The molecule has 0 fully saturated rings. The van der Waals surface area contributed by atoms with E-state index in [9.17, 15) is 4.79 Å². The summed E-state index contributed by atoms with van der Waals surface area (Å²) in [7, 11) is 0. The van der Waals surface area contributed by atoms with E-state index in [4.69, 9.17) is 0 Å². The molecule has 0 bridgehead atoms. The Morgan fingerprint density at radius 1 is 1.43 bits per heavy atom. The molecule has 2 heteroatoms. The maximum absolute atomic E-state index is 11.5. The molecule has 0 aromatic heterocycles. The van der Waals surface area contributed by atoms with Crippen LogP contribution in [0.15, 0.2) is 18.2 Å². The van der Waals surface area contributed by atoms with Crippen molar-refractivity contribution < 1.29 is 10.5 Å². The second-order valence-corrected chi connectivity index (χ2v) is 3.73. The fraction of sp³-hybridized carbons (Fsp3) is 0.417. The summed E-state index contributed by atoms with van der Waals surface area (Å²) in [5.41, 5.74) is 7.24. The first-order valence-electron chi connectivity index (χ1n) is 4.96. The van der Waals surface area contributed by atoms with Crippen LogP contribution in [-0.2, 0) is 4.79 Å². The molecule has 1 atom stereocenters. The minimum atomic E-state index is -0.0209. The molecule has 3 N–H and O–H groups in total. The van der Waals surface area contributed by atoms with Gasteiger partial charge in [-0.25, -0.2) is 0 Å². The summed E-state index contributed by atoms with van der Waals surface area (Å²) in [5, 5.41) is 0. The van der Waals surface area contributed by atoms with Crippen molar-refractivity contribution >= 4 is 5.78 Å². The topological polar surface area (TPSA) is 44.7 Å². The van der Waals surface area contributed by atoms with E-state index in [2.05, 4.69) is 25.6 Å². The average molecular weight is 192 g/mol. The van der Waals surface area contributed by atoms with Gasteiger partial charge in [0, 0.05) is 5.92 Å². The molecule has 0 aliphatic rings. The molecular weight excluding hydrogens is 174 g/mol. The number of hydrogen-bond donors (Lipinski definition) is 1. The summed E-state index contributed by atoms with van der Waals surface area (Å²) in [5.74, 6) is 0.186. The fourth-order valence-corrected chi connectivity index (χ4v) is 1.63. The van der Waals surface area contributed by atoms with Crippen LogP contribution in [-0.4, -0.2) is 12.3 Å². The third kappa shape index (κ3) is 2.02. The average Bonchev–Trinajstić information content (AvgIpc) is 2.20. The molecule has 1 aromatic carbocycles. The Labute approximate surface area is 85.1 Å². The third-order valence-corrected chi connectivity index (χ3v) is 2.84. The summed E-state index contributed by atoms with van der Waals surface area (Å²) in [4.78, 5) is 11.5. The van der Waals surface area contributed by atoms with Gasteiger partial charge in [0.2, 0.25) is 0 Å². The highest BCUT2D eigenvalue weighted by molar-refractivity contribution is 5.86. The Morgan fingerprint density at radius 2 is 2.07 bits per heavy atom. The number of quaternary nitrogens is 1. The van der Waals surface area contributed by atoms with E-state index in [1.165, 1.54) is 11.1 Å². The molecule has 0 aliphatic carbocycles. The van der Waals surface area contributed by atoms with Gasteiger partial charge in [-0.1, -0.05) is 25.1 Å². The molecule has 0 spiro atoms. The molecule has 1 aromatic rings. The van der Waals surface area contributed by atoms with Crippen molar-refractivity contribution in [1.82, 2.24) is 0 Å². The standard InChI is InChI=1S/C12H17NO/c1-8-5-4-6-11(9(8)2)10(3)12(14)7-13/h4-6,10H,7,13H2,1-3H3/p+1. The summed E-state index contributed by atoms with van der Waals surface area (Å²) in [6.07, 6.45) is 0. The summed E-state index contributed by atoms with van der Waals surface area (Å²) in [6.45, 7) is 6.46. The monoisotopic (exact) mass is 192 g/mol. The van der Waals surface area contributed by atoms with Crippen molar-refractivity contribution in [2.24, 2.45) is 0 Å². The molecule has 0 saturated carbocycles. The van der Waals surface area contributed by atoms with Gasteiger partial charge in [-0.2, -0.15) is 0 Å². The fourth-order valence-electron chi connectivity index (χ4n) is 1.63. The van der Waals surface area contributed by atoms with Gasteiger partial charge >= 0.3 is 0 Å². The van der Waals surface area contributed by atoms with Gasteiger partial charge in [0.05, 0.1) is 0 Å². The Kier molecular flexibility index (Phi) is 3.42. The molecule has 0 radical (unpaired) electrons. The van der Waals surface area contributed by atoms with Crippen LogP contribution in [0.2, 0.25) is 0 Å². The Balaban J connectivity index is 3.07. The van der Waals surface area contributed by atoms with E-state index >= 15 is 0 Å². The van der Waals surface area contributed by atoms with Crippen molar-refractivity contribution in [3.05, 3.63) is 34.9 Å². The van der Waals surface area contributed by atoms with Crippen LogP contribution in [0.4, 0.5) is 0 Å². The first-order valence-corrected chi connectivity index (χ1v) is 4.96. The zero-order chi connectivity index (χ0) is 10.7. The number of benzene rings is 1. The molecule has 0 heterocycles. The van der Waals surface area contributed by atoms with Crippen LogP contribution < -0.4 is 5.73 Å². The van der Waals surface area contributed by atoms with E-state index in [1.807, 2.05) is 19.1 Å². The first kappa shape index (κ1) is 10.9. The van der Waals surface area contributed by atoms with E-state index in [0.717, 1.165) is 5.56 Å². The molecule has 1 unspecified atom stereocenters. The molecule has 0 amide bonds. The SMILES string of the molecule is Cc1cccc(C(C)C(=O)C[NH3+])c1C. The van der Waals surface area contributed by atoms with Crippen LogP contribution in [0.25, 0.3) is 0 Å². The number of aryl methyl sites for hydroxylation is 1. The number of ketones is 1. The number of rotatable bonds is 3. The quantitative estimate of drug-likeness (QED) is 0.769. The van der Waals surface area contributed by atoms with Gasteiger partial charge in [0.1, 0.15) is 6.54 Å². The predicted molar refractivity (Wildman–Crippen MR) is 57.1 cm³/mol. The van der Waals surface area contributed by atoms with Crippen molar-refractivity contribution in [1.29, 1.82) is 0 Å². The van der Waals surface area contributed by atoms with Gasteiger partial charge in [-0.15, -0.1) is 0 Å². The van der Waals surface area contributed by atoms with Crippen LogP contribution in [0.3, 0.4) is 0 Å². The zero-order valence-electron chi connectivity index (χ0n) is 9.13. The van der Waals surface area contributed by atoms with E-state index < -0.39 is 0 Å². The summed E-state index contributed by atoms with van der Waals surface area (Å²) in [6, 6.07) is 6.10. The van der Waals surface area contributed by atoms with E-state index in [1.54, 1.807) is 0 Å². The number of carbonyl (C=O) groups is 1. The van der Waals surface area contributed by atoms with Crippen LogP contribution >= 0.6 is 0 Å². The highest BCUT2D eigenvalue weighted by Gasteiger charge is 2.17. The maximum Gasteiger partial charge on any atom is 0.193 e. The van der Waals surface area contributed by atoms with Gasteiger partial charge in [-0.3, -0.25) is 4.79 Å². The van der Waals surface area contributed by atoms with E-state index in [-0.39, 0.29) is 11.7 Å². The predicted octanol–water partition coefficient (Wildman–Crippen LogP) is 1.22. The number of Topliss-reactive ketones (excluding diaryl/α,β-unsaturated/α-hetero) is 1. The highest BCUT2D eigenvalue weighted by atomic mass is 16.1. The van der Waals surface area contributed by atoms with Gasteiger partial charge in [-0.05, 0) is 30.5 Å². The third-order valence-electron chi connectivity index (χ3n) is 2.84. The second kappa shape index (κ2) is 4.38. The molecule has 1 rings (SSSR count). The van der Waals surface area contributed by atoms with Gasteiger partial charge < -0.3 is 5.73 Å². The minimum absolute atomic E-state index is 0.0209. The lowest BCUT2D eigenvalue weighted by molar-refractivity contribution is -0.354. The lowest BCUT2D eigenvalue weighted by atomic mass is 9.91. The van der Waals surface area contributed by atoms with Crippen LogP contribution in [0, 0.1) is 13.8 Å². The number of hydrogen-bond acceptors (Lipinski definition) is 1. The molecule has 0 saturated heterocycles. The van der Waals surface area contributed by atoms with Crippen molar-refractivity contribution in [3.8, 4) is 0 Å². The van der Waals surface area contributed by atoms with Crippen LogP contribution in [0.1, 0.15) is 29.5 Å². The molecule has 0 aliphatic heterocycles. The summed E-state index contributed by atoms with van der Waals surface area (Å²) >= 11 is 0. The van der Waals surface area contributed by atoms with Crippen molar-refractivity contribution in [2.45, 2.75) is 26.7 Å².